The summed E-state index contributed by atoms with van der Waals surface area (Å²) < 4.78 is 18.3. The lowest BCUT2D eigenvalue weighted by Crippen LogP contribution is -2.12. The first-order valence-electron chi connectivity index (χ1n) is 4.80. The van der Waals surface area contributed by atoms with Gasteiger partial charge in [0.15, 0.2) is 0 Å². The predicted molar refractivity (Wildman–Crippen MR) is 55.3 cm³/mol. The van der Waals surface area contributed by atoms with Gasteiger partial charge in [-0.3, -0.25) is 4.79 Å². The van der Waals surface area contributed by atoms with E-state index in [1.54, 1.807) is 6.92 Å². The molecule has 1 aromatic carbocycles. The van der Waals surface area contributed by atoms with Crippen molar-refractivity contribution in [2.24, 2.45) is 0 Å². The van der Waals surface area contributed by atoms with Gasteiger partial charge in [0, 0.05) is 17.7 Å². The molecule has 0 fully saturated rings. The fourth-order valence-electron chi connectivity index (χ4n) is 1.54. The number of benzene rings is 1. The highest BCUT2D eigenvalue weighted by molar-refractivity contribution is 5.77. The lowest BCUT2D eigenvalue weighted by Gasteiger charge is -2.14. The van der Waals surface area contributed by atoms with E-state index in [4.69, 9.17) is 9.84 Å². The summed E-state index contributed by atoms with van der Waals surface area (Å²) in [6.45, 7) is 1.61. The number of carbonyl (C=O) groups is 1. The van der Waals surface area contributed by atoms with Gasteiger partial charge in [-0.1, -0.05) is 6.92 Å². The first-order valence-corrected chi connectivity index (χ1v) is 4.80. The first kappa shape index (κ1) is 12.3. The molecule has 1 unspecified atom stereocenters. The summed E-state index contributed by atoms with van der Waals surface area (Å²) in [7, 11) is 1.34. The molecule has 0 saturated heterocycles. The van der Waals surface area contributed by atoms with Crippen LogP contribution in [0.3, 0.4) is 0 Å². The minimum absolute atomic E-state index is 0.152. The summed E-state index contributed by atoms with van der Waals surface area (Å²) in [5.74, 6) is -3.23. The summed E-state index contributed by atoms with van der Waals surface area (Å²) >= 11 is 0. The number of hydrogen-bond acceptors (Lipinski definition) is 3. The van der Waals surface area contributed by atoms with Crippen molar-refractivity contribution in [1.82, 2.24) is 0 Å². The zero-order chi connectivity index (χ0) is 12.3. The largest absolute Gasteiger partial charge is 0.507 e. The Labute approximate surface area is 92.3 Å². The van der Waals surface area contributed by atoms with Gasteiger partial charge < -0.3 is 14.9 Å². The zero-order valence-electron chi connectivity index (χ0n) is 9.03. The standard InChI is InChI=1S/C11H13FO4/c1-3-7(11(14)15)10-8(12)4-6(16-2)5-9(10)13/h4-5,7,13H,3H2,1-2H3,(H,14,15). The van der Waals surface area contributed by atoms with E-state index in [2.05, 4.69) is 0 Å². The molecule has 2 N–H and O–H groups in total. The van der Waals surface area contributed by atoms with E-state index in [-0.39, 0.29) is 17.7 Å². The Morgan fingerprint density at radius 1 is 1.56 bits per heavy atom. The molecule has 1 atom stereocenters. The maximum Gasteiger partial charge on any atom is 0.311 e. The molecular formula is C11H13FO4. The van der Waals surface area contributed by atoms with E-state index in [1.165, 1.54) is 13.2 Å². The van der Waals surface area contributed by atoms with Crippen LogP contribution in [0.5, 0.6) is 11.5 Å². The molecule has 0 bridgehead atoms. The first-order chi connectivity index (χ1) is 7.51. The van der Waals surface area contributed by atoms with E-state index >= 15 is 0 Å². The monoisotopic (exact) mass is 228 g/mol. The summed E-state index contributed by atoms with van der Waals surface area (Å²) in [4.78, 5) is 10.9. The highest BCUT2D eigenvalue weighted by Crippen LogP contribution is 2.34. The number of rotatable bonds is 4. The highest BCUT2D eigenvalue weighted by Gasteiger charge is 2.25. The van der Waals surface area contributed by atoms with Crippen molar-refractivity contribution < 1.29 is 24.1 Å². The molecule has 88 valence electrons. The molecule has 0 heterocycles. The predicted octanol–water partition coefficient (Wildman–Crippen LogP) is 2.12. The fraction of sp³-hybridized carbons (Fsp3) is 0.364. The number of aromatic hydroxyl groups is 1. The quantitative estimate of drug-likeness (QED) is 0.828. The number of halogens is 1. The van der Waals surface area contributed by atoms with Crippen LogP contribution in [0, 0.1) is 5.82 Å². The Morgan fingerprint density at radius 3 is 2.56 bits per heavy atom. The third-order valence-corrected chi connectivity index (χ3v) is 2.37. The molecule has 5 heteroatoms. The summed E-state index contributed by atoms with van der Waals surface area (Å²) in [6, 6.07) is 2.25. The van der Waals surface area contributed by atoms with Gasteiger partial charge in [-0.2, -0.15) is 0 Å². The number of hydrogen-bond donors (Lipinski definition) is 2. The highest BCUT2D eigenvalue weighted by atomic mass is 19.1. The second-order valence-corrected chi connectivity index (χ2v) is 3.34. The number of phenols is 1. The van der Waals surface area contributed by atoms with Crippen LogP contribution in [0.1, 0.15) is 24.8 Å². The number of phenolic OH excluding ortho intramolecular Hbond substituents is 1. The molecular weight excluding hydrogens is 215 g/mol. The van der Waals surface area contributed by atoms with Crippen LogP contribution in [0.2, 0.25) is 0 Å². The van der Waals surface area contributed by atoms with Gasteiger partial charge in [0.1, 0.15) is 17.3 Å². The zero-order valence-corrected chi connectivity index (χ0v) is 9.03. The summed E-state index contributed by atoms with van der Waals surface area (Å²) in [6.07, 6.45) is 0.201. The Kier molecular flexibility index (Phi) is 3.71. The van der Waals surface area contributed by atoms with Crippen LogP contribution < -0.4 is 4.74 Å². The molecule has 0 aliphatic rings. The van der Waals surface area contributed by atoms with Crippen molar-refractivity contribution in [1.29, 1.82) is 0 Å². The molecule has 1 rings (SSSR count). The van der Waals surface area contributed by atoms with Crippen molar-refractivity contribution >= 4 is 5.97 Å². The van der Waals surface area contributed by atoms with Crippen LogP contribution in [-0.4, -0.2) is 23.3 Å². The van der Waals surface area contributed by atoms with Crippen molar-refractivity contribution in [2.45, 2.75) is 19.3 Å². The van der Waals surface area contributed by atoms with Crippen molar-refractivity contribution in [3.63, 3.8) is 0 Å². The van der Waals surface area contributed by atoms with Gasteiger partial charge in [0.25, 0.3) is 0 Å². The molecule has 0 aromatic heterocycles. The Bertz CT molecular complexity index is 380. The van der Waals surface area contributed by atoms with E-state index in [1.807, 2.05) is 0 Å². The third-order valence-electron chi connectivity index (χ3n) is 2.37. The van der Waals surface area contributed by atoms with Crippen molar-refractivity contribution in [2.75, 3.05) is 7.11 Å². The van der Waals surface area contributed by atoms with Crippen LogP contribution >= 0.6 is 0 Å². The van der Waals surface area contributed by atoms with Crippen molar-refractivity contribution in [3.8, 4) is 11.5 Å². The molecule has 0 spiro atoms. The van der Waals surface area contributed by atoms with E-state index in [0.29, 0.717) is 0 Å². The number of methoxy groups -OCH3 is 1. The van der Waals surface area contributed by atoms with Gasteiger partial charge in [-0.05, 0) is 6.42 Å². The molecule has 16 heavy (non-hydrogen) atoms. The number of aliphatic carboxylic acids is 1. The smallest absolute Gasteiger partial charge is 0.311 e. The number of ether oxygens (including phenoxy) is 1. The van der Waals surface area contributed by atoms with E-state index in [9.17, 15) is 14.3 Å². The Hall–Kier alpha value is -1.78. The normalized spacial score (nSPS) is 12.2. The molecule has 0 saturated carbocycles. The second-order valence-electron chi connectivity index (χ2n) is 3.34. The van der Waals surface area contributed by atoms with Crippen LogP contribution in [-0.2, 0) is 4.79 Å². The molecule has 0 amide bonds. The van der Waals surface area contributed by atoms with Crippen molar-refractivity contribution in [3.05, 3.63) is 23.5 Å². The molecule has 0 radical (unpaired) electrons. The van der Waals surface area contributed by atoms with Crippen LogP contribution in [0.4, 0.5) is 4.39 Å². The van der Waals surface area contributed by atoms with Crippen LogP contribution in [0.25, 0.3) is 0 Å². The third kappa shape index (κ3) is 2.24. The lowest BCUT2D eigenvalue weighted by molar-refractivity contribution is -0.139. The molecule has 0 aliphatic heterocycles. The summed E-state index contributed by atoms with van der Waals surface area (Å²) in [5, 5.41) is 18.5. The molecule has 0 aliphatic carbocycles. The van der Waals surface area contributed by atoms with Gasteiger partial charge in [-0.15, -0.1) is 0 Å². The lowest BCUT2D eigenvalue weighted by atomic mass is 9.95. The molecule has 1 aromatic rings. The SMILES string of the molecule is CCC(C(=O)O)c1c(O)cc(OC)cc1F. The molecule has 4 nitrogen and oxygen atoms in total. The van der Waals surface area contributed by atoms with Gasteiger partial charge in [0.05, 0.1) is 13.0 Å². The minimum Gasteiger partial charge on any atom is -0.507 e. The summed E-state index contributed by atoms with van der Waals surface area (Å²) in [5.41, 5.74) is -0.198. The average molecular weight is 228 g/mol. The Balaban J connectivity index is 3.27. The van der Waals surface area contributed by atoms with E-state index in [0.717, 1.165) is 6.07 Å². The van der Waals surface area contributed by atoms with Gasteiger partial charge >= 0.3 is 5.97 Å². The topological polar surface area (TPSA) is 66.8 Å². The number of carboxylic acids is 1. The Morgan fingerprint density at radius 2 is 2.19 bits per heavy atom. The number of carboxylic acid groups (broad SMARTS) is 1. The fourth-order valence-corrected chi connectivity index (χ4v) is 1.54. The average Bonchev–Trinajstić information content (AvgIpc) is 2.22. The van der Waals surface area contributed by atoms with Gasteiger partial charge in [0.2, 0.25) is 0 Å². The van der Waals surface area contributed by atoms with Crippen LogP contribution in [0.15, 0.2) is 12.1 Å². The van der Waals surface area contributed by atoms with E-state index < -0.39 is 23.5 Å². The maximum absolute atomic E-state index is 13.6. The van der Waals surface area contributed by atoms with Gasteiger partial charge in [-0.25, -0.2) is 4.39 Å². The second kappa shape index (κ2) is 4.83. The minimum atomic E-state index is -1.16. The maximum atomic E-state index is 13.6.